The molecule has 1 aromatic rings. The van der Waals surface area contributed by atoms with Crippen molar-refractivity contribution in [1.29, 1.82) is 0 Å². The molecule has 0 aliphatic carbocycles. The Morgan fingerprint density at radius 1 is 1.44 bits per heavy atom. The van der Waals surface area contributed by atoms with Gasteiger partial charge in [0.15, 0.2) is 0 Å². The zero-order valence-electron chi connectivity index (χ0n) is 11.4. The van der Waals surface area contributed by atoms with Gasteiger partial charge in [-0.25, -0.2) is 0 Å². The molecule has 0 radical (unpaired) electrons. The molecule has 1 saturated heterocycles. The van der Waals surface area contributed by atoms with Crippen molar-refractivity contribution in [2.75, 3.05) is 13.1 Å². The van der Waals surface area contributed by atoms with Gasteiger partial charge >= 0.3 is 0 Å². The average molecular weight is 287 g/mol. The predicted octanol–water partition coefficient (Wildman–Crippen LogP) is 3.61. The fourth-order valence-electron chi connectivity index (χ4n) is 2.85. The van der Waals surface area contributed by atoms with Crippen LogP contribution in [0.1, 0.15) is 32.1 Å². The normalized spacial score (nSPS) is 29.7. The van der Waals surface area contributed by atoms with Crippen LogP contribution in [-0.4, -0.2) is 30.1 Å². The van der Waals surface area contributed by atoms with Crippen LogP contribution < -0.4 is 5.32 Å². The van der Waals surface area contributed by atoms with Crippen molar-refractivity contribution in [3.05, 3.63) is 21.3 Å². The second-order valence-electron chi connectivity index (χ2n) is 5.23. The molecule has 18 heavy (non-hydrogen) atoms. The molecule has 2 nitrogen and oxygen atoms in total. The van der Waals surface area contributed by atoms with Crippen molar-refractivity contribution < 1.29 is 0 Å². The van der Waals surface area contributed by atoms with E-state index < -0.39 is 0 Å². The standard InChI is InChI=1S/C14H23ClN2S/c1-4-16-13-7-8-17(11(3)10(13)2)9-12-5-6-14(15)18-12/h5-6,10-11,13,16H,4,7-9H2,1-3H3. The van der Waals surface area contributed by atoms with E-state index in [0.29, 0.717) is 18.0 Å². The highest BCUT2D eigenvalue weighted by Crippen LogP contribution is 2.28. The van der Waals surface area contributed by atoms with E-state index in [1.807, 2.05) is 6.07 Å². The maximum Gasteiger partial charge on any atom is 0.0931 e. The van der Waals surface area contributed by atoms with Gasteiger partial charge in [-0.3, -0.25) is 4.90 Å². The van der Waals surface area contributed by atoms with Crippen molar-refractivity contribution in [3.8, 4) is 0 Å². The highest BCUT2D eigenvalue weighted by molar-refractivity contribution is 7.16. The van der Waals surface area contributed by atoms with Crippen LogP contribution in [0.2, 0.25) is 4.34 Å². The Labute approximate surface area is 119 Å². The number of thiophene rings is 1. The molecule has 102 valence electrons. The maximum atomic E-state index is 6.00. The molecule has 2 heterocycles. The molecule has 1 aliphatic rings. The van der Waals surface area contributed by atoms with Gasteiger partial charge in [0.1, 0.15) is 0 Å². The lowest BCUT2D eigenvalue weighted by molar-refractivity contribution is 0.0799. The Bertz CT molecular complexity index is 380. The first-order valence-corrected chi connectivity index (χ1v) is 8.03. The Morgan fingerprint density at radius 2 is 2.22 bits per heavy atom. The summed E-state index contributed by atoms with van der Waals surface area (Å²) in [7, 11) is 0. The number of hydrogen-bond donors (Lipinski definition) is 1. The predicted molar refractivity (Wildman–Crippen MR) is 80.4 cm³/mol. The summed E-state index contributed by atoms with van der Waals surface area (Å²) in [4.78, 5) is 3.96. The number of halogens is 1. The summed E-state index contributed by atoms with van der Waals surface area (Å²) < 4.78 is 0.897. The molecule has 0 aromatic carbocycles. The molecule has 1 aromatic heterocycles. The summed E-state index contributed by atoms with van der Waals surface area (Å²) >= 11 is 7.70. The van der Waals surface area contributed by atoms with Gasteiger partial charge in [-0.2, -0.15) is 0 Å². The third kappa shape index (κ3) is 3.27. The SMILES string of the molecule is CCNC1CCN(Cc2ccc(Cl)s2)C(C)C1C. The molecule has 1 aliphatic heterocycles. The monoisotopic (exact) mass is 286 g/mol. The van der Waals surface area contributed by atoms with Crippen LogP contribution >= 0.6 is 22.9 Å². The molecule has 0 spiro atoms. The van der Waals surface area contributed by atoms with Gasteiger partial charge in [0.05, 0.1) is 4.34 Å². The highest BCUT2D eigenvalue weighted by Gasteiger charge is 2.31. The maximum absolute atomic E-state index is 6.00. The number of rotatable bonds is 4. The Morgan fingerprint density at radius 3 is 2.83 bits per heavy atom. The van der Waals surface area contributed by atoms with E-state index in [4.69, 9.17) is 11.6 Å². The van der Waals surface area contributed by atoms with Gasteiger partial charge < -0.3 is 5.32 Å². The molecule has 2 rings (SSSR count). The summed E-state index contributed by atoms with van der Waals surface area (Å²) in [6.07, 6.45) is 1.25. The largest absolute Gasteiger partial charge is 0.314 e. The van der Waals surface area contributed by atoms with Gasteiger partial charge in [0.25, 0.3) is 0 Å². The van der Waals surface area contributed by atoms with Crippen LogP contribution in [0.3, 0.4) is 0 Å². The first kappa shape index (κ1) is 14.3. The highest BCUT2D eigenvalue weighted by atomic mass is 35.5. The quantitative estimate of drug-likeness (QED) is 0.910. The first-order chi connectivity index (χ1) is 8.61. The van der Waals surface area contributed by atoms with E-state index in [-0.39, 0.29) is 0 Å². The van der Waals surface area contributed by atoms with Crippen molar-refractivity contribution in [1.82, 2.24) is 10.2 Å². The van der Waals surface area contributed by atoms with Gasteiger partial charge in [0.2, 0.25) is 0 Å². The van der Waals surface area contributed by atoms with Crippen LogP contribution in [0.15, 0.2) is 12.1 Å². The van der Waals surface area contributed by atoms with E-state index >= 15 is 0 Å². The third-order valence-electron chi connectivity index (χ3n) is 4.15. The van der Waals surface area contributed by atoms with E-state index in [1.54, 1.807) is 11.3 Å². The summed E-state index contributed by atoms with van der Waals surface area (Å²) in [6.45, 7) is 10.2. The number of hydrogen-bond acceptors (Lipinski definition) is 3. The van der Waals surface area contributed by atoms with Crippen LogP contribution in [-0.2, 0) is 6.54 Å². The molecule has 0 bridgehead atoms. The molecular weight excluding hydrogens is 264 g/mol. The van der Waals surface area contributed by atoms with E-state index in [9.17, 15) is 0 Å². The molecular formula is C14H23ClN2S. The lowest BCUT2D eigenvalue weighted by Crippen LogP contribution is -2.52. The van der Waals surface area contributed by atoms with E-state index in [1.165, 1.54) is 17.8 Å². The second kappa shape index (κ2) is 6.38. The molecule has 0 amide bonds. The van der Waals surface area contributed by atoms with Crippen LogP contribution in [0.4, 0.5) is 0 Å². The van der Waals surface area contributed by atoms with Gasteiger partial charge in [-0.05, 0) is 37.9 Å². The second-order valence-corrected chi connectivity index (χ2v) is 7.03. The molecule has 1 fully saturated rings. The smallest absolute Gasteiger partial charge is 0.0931 e. The van der Waals surface area contributed by atoms with Crippen molar-refractivity contribution in [2.45, 2.75) is 45.8 Å². The zero-order chi connectivity index (χ0) is 13.1. The molecule has 0 saturated carbocycles. The zero-order valence-corrected chi connectivity index (χ0v) is 13.0. The number of likely N-dealkylation sites (tertiary alicyclic amines) is 1. The Hall–Kier alpha value is -0.0900. The van der Waals surface area contributed by atoms with Crippen LogP contribution in [0, 0.1) is 5.92 Å². The van der Waals surface area contributed by atoms with Crippen LogP contribution in [0.25, 0.3) is 0 Å². The summed E-state index contributed by atoms with van der Waals surface area (Å²) in [5.74, 6) is 0.703. The lowest BCUT2D eigenvalue weighted by atomic mass is 9.87. The fourth-order valence-corrected chi connectivity index (χ4v) is 3.96. The van der Waals surface area contributed by atoms with Gasteiger partial charge in [0, 0.05) is 30.1 Å². The van der Waals surface area contributed by atoms with Crippen molar-refractivity contribution >= 4 is 22.9 Å². The average Bonchev–Trinajstić information content (AvgIpc) is 2.75. The topological polar surface area (TPSA) is 15.3 Å². The molecule has 3 unspecified atom stereocenters. The van der Waals surface area contributed by atoms with Crippen molar-refractivity contribution in [2.24, 2.45) is 5.92 Å². The fraction of sp³-hybridized carbons (Fsp3) is 0.714. The molecule has 3 atom stereocenters. The van der Waals surface area contributed by atoms with Crippen molar-refractivity contribution in [3.63, 3.8) is 0 Å². The Kier molecular flexibility index (Phi) is 5.07. The summed E-state index contributed by atoms with van der Waals surface area (Å²) in [6, 6.07) is 5.46. The lowest BCUT2D eigenvalue weighted by Gasteiger charge is -2.42. The molecule has 4 heteroatoms. The molecule has 1 N–H and O–H groups in total. The summed E-state index contributed by atoms with van der Waals surface area (Å²) in [5.41, 5.74) is 0. The number of piperidine rings is 1. The first-order valence-electron chi connectivity index (χ1n) is 6.83. The Balaban J connectivity index is 1.95. The number of nitrogens with zero attached hydrogens (tertiary/aromatic N) is 1. The minimum absolute atomic E-state index is 0.628. The van der Waals surface area contributed by atoms with Crippen LogP contribution in [0.5, 0.6) is 0 Å². The van der Waals surface area contributed by atoms with E-state index in [2.05, 4.69) is 37.1 Å². The van der Waals surface area contributed by atoms with E-state index in [0.717, 1.165) is 17.4 Å². The van der Waals surface area contributed by atoms with Gasteiger partial charge in [-0.15, -0.1) is 11.3 Å². The number of nitrogens with one attached hydrogen (secondary N) is 1. The third-order valence-corrected chi connectivity index (χ3v) is 5.37. The summed E-state index contributed by atoms with van der Waals surface area (Å²) in [5, 5.41) is 3.61. The minimum atomic E-state index is 0.628. The minimum Gasteiger partial charge on any atom is -0.314 e. The van der Waals surface area contributed by atoms with Gasteiger partial charge in [-0.1, -0.05) is 25.4 Å².